The summed E-state index contributed by atoms with van der Waals surface area (Å²) in [5, 5.41) is 9.81. The number of aryl methyl sites for hydroxylation is 2. The highest BCUT2D eigenvalue weighted by Crippen LogP contribution is 2.27. The normalized spacial score (nSPS) is 10.9. The first-order chi connectivity index (χ1) is 9.69. The Morgan fingerprint density at radius 1 is 0.800 bits per heavy atom. The van der Waals surface area contributed by atoms with Crippen molar-refractivity contribution in [1.82, 2.24) is 0 Å². The van der Waals surface area contributed by atoms with Gasteiger partial charge in [-0.3, -0.25) is 0 Å². The minimum Gasteiger partial charge on any atom is -0.506 e. The van der Waals surface area contributed by atoms with Crippen molar-refractivity contribution in [2.24, 2.45) is 0 Å². The number of hydrogen-bond acceptors (Lipinski definition) is 2. The molecule has 0 spiro atoms. The van der Waals surface area contributed by atoms with Gasteiger partial charge in [-0.05, 0) is 48.9 Å². The van der Waals surface area contributed by atoms with E-state index >= 15 is 0 Å². The summed E-state index contributed by atoms with van der Waals surface area (Å²) in [6.45, 7) is 4.46. The van der Waals surface area contributed by atoms with Crippen molar-refractivity contribution in [3.63, 3.8) is 0 Å². The average molecular weight is 277 g/mol. The molecule has 0 aromatic heterocycles. The summed E-state index contributed by atoms with van der Waals surface area (Å²) in [7, 11) is 0. The van der Waals surface area contributed by atoms with Crippen LogP contribution in [0, 0.1) is 0 Å². The number of aromatic hydroxyl groups is 1. The third-order valence-corrected chi connectivity index (χ3v) is 3.95. The number of hydrogen-bond donors (Lipinski definition) is 2. The topological polar surface area (TPSA) is 46.2 Å². The van der Waals surface area contributed by atoms with Crippen LogP contribution in [0.25, 0.3) is 0 Å². The molecule has 3 N–H and O–H groups in total. The number of nitrogen functional groups attached to an aromatic ring is 1. The van der Waals surface area contributed by atoms with Gasteiger partial charge in [-0.15, -0.1) is 0 Å². The predicted molar refractivity (Wildman–Crippen MR) is 88.2 cm³/mol. The van der Waals surface area contributed by atoms with E-state index in [2.05, 4.69) is 13.8 Å². The zero-order valence-electron chi connectivity index (χ0n) is 13.3. The van der Waals surface area contributed by atoms with E-state index in [-0.39, 0.29) is 5.75 Å². The monoisotopic (exact) mass is 277 g/mol. The highest BCUT2D eigenvalue weighted by molar-refractivity contribution is 5.56. The maximum absolute atomic E-state index is 9.81. The van der Waals surface area contributed by atoms with E-state index in [0.29, 0.717) is 5.69 Å². The van der Waals surface area contributed by atoms with Crippen LogP contribution in [0.4, 0.5) is 5.69 Å². The minimum atomic E-state index is 0.243. The van der Waals surface area contributed by atoms with E-state index in [1.807, 2.05) is 12.1 Å². The Bertz CT molecular complexity index is 350. The molecule has 1 rings (SSSR count). The molecule has 0 fully saturated rings. The van der Waals surface area contributed by atoms with E-state index in [1.54, 1.807) is 0 Å². The fourth-order valence-electron chi connectivity index (χ4n) is 2.65. The summed E-state index contributed by atoms with van der Waals surface area (Å²) in [4.78, 5) is 0. The summed E-state index contributed by atoms with van der Waals surface area (Å²) in [6, 6.07) is 3.87. The molecule has 0 saturated carbocycles. The lowest BCUT2D eigenvalue weighted by molar-refractivity contribution is 0.476. The molecular formula is C18H31NO. The highest BCUT2D eigenvalue weighted by atomic mass is 16.3. The molecule has 0 unspecified atom stereocenters. The Hall–Kier alpha value is -1.18. The molecule has 0 aliphatic carbocycles. The lowest BCUT2D eigenvalue weighted by Crippen LogP contribution is -1.98. The van der Waals surface area contributed by atoms with Crippen LogP contribution in [0.1, 0.15) is 76.3 Å². The fourth-order valence-corrected chi connectivity index (χ4v) is 2.65. The van der Waals surface area contributed by atoms with Gasteiger partial charge >= 0.3 is 0 Å². The maximum Gasteiger partial charge on any atom is 0.138 e. The summed E-state index contributed by atoms with van der Waals surface area (Å²) in [5.41, 5.74) is 9.00. The predicted octanol–water partition coefficient (Wildman–Crippen LogP) is 5.22. The van der Waals surface area contributed by atoms with Crippen LogP contribution >= 0.6 is 0 Å². The Kier molecular flexibility index (Phi) is 8.17. The van der Waals surface area contributed by atoms with Gasteiger partial charge in [-0.1, -0.05) is 52.4 Å². The van der Waals surface area contributed by atoms with Crippen molar-refractivity contribution < 1.29 is 5.11 Å². The van der Waals surface area contributed by atoms with Crippen LogP contribution in [-0.2, 0) is 12.8 Å². The van der Waals surface area contributed by atoms with Crippen molar-refractivity contribution in [2.75, 3.05) is 5.73 Å². The van der Waals surface area contributed by atoms with Crippen LogP contribution < -0.4 is 5.73 Å². The first kappa shape index (κ1) is 16.9. The lowest BCUT2D eigenvalue weighted by Gasteiger charge is -2.12. The fraction of sp³-hybridized carbons (Fsp3) is 0.667. The molecule has 0 bridgehead atoms. The van der Waals surface area contributed by atoms with Gasteiger partial charge in [0, 0.05) is 0 Å². The largest absolute Gasteiger partial charge is 0.506 e. The van der Waals surface area contributed by atoms with Crippen molar-refractivity contribution in [3.8, 4) is 5.75 Å². The molecule has 0 aliphatic heterocycles. The van der Waals surface area contributed by atoms with Crippen LogP contribution in [0.15, 0.2) is 12.1 Å². The third kappa shape index (κ3) is 5.85. The number of nitrogens with two attached hydrogens (primary N) is 1. The zero-order valence-corrected chi connectivity index (χ0v) is 13.3. The zero-order chi connectivity index (χ0) is 14.8. The lowest BCUT2D eigenvalue weighted by atomic mass is 9.95. The van der Waals surface area contributed by atoms with E-state index in [0.717, 1.165) is 12.8 Å². The van der Waals surface area contributed by atoms with Gasteiger partial charge in [0.25, 0.3) is 0 Å². The molecule has 0 aliphatic rings. The second kappa shape index (κ2) is 9.68. The standard InChI is InChI=1S/C18H31NO/c1-3-5-7-9-11-15-13-17(19)18(20)14-16(15)12-10-8-6-4-2/h13-14,20H,3-12,19H2,1-2H3. The second-order valence-electron chi connectivity index (χ2n) is 5.80. The second-order valence-corrected chi connectivity index (χ2v) is 5.80. The molecule has 20 heavy (non-hydrogen) atoms. The quantitative estimate of drug-likeness (QED) is 0.350. The Labute approximate surface area is 124 Å². The smallest absolute Gasteiger partial charge is 0.138 e. The first-order valence-electron chi connectivity index (χ1n) is 8.29. The Morgan fingerprint density at radius 3 is 1.80 bits per heavy atom. The molecule has 0 amide bonds. The van der Waals surface area contributed by atoms with Gasteiger partial charge in [-0.2, -0.15) is 0 Å². The Morgan fingerprint density at radius 2 is 1.30 bits per heavy atom. The number of phenols is 1. The summed E-state index contributed by atoms with van der Waals surface area (Å²) >= 11 is 0. The van der Waals surface area contributed by atoms with Crippen molar-refractivity contribution in [3.05, 3.63) is 23.3 Å². The van der Waals surface area contributed by atoms with Crippen molar-refractivity contribution >= 4 is 5.69 Å². The summed E-state index contributed by atoms with van der Waals surface area (Å²) in [6.07, 6.45) is 12.3. The SMILES string of the molecule is CCCCCCc1cc(N)c(O)cc1CCCCCC. The van der Waals surface area contributed by atoms with Crippen LogP contribution in [0.2, 0.25) is 0 Å². The number of phenolic OH excluding ortho intramolecular Hbond substituents is 1. The molecule has 1 aromatic rings. The van der Waals surface area contributed by atoms with E-state index in [4.69, 9.17) is 5.73 Å². The summed E-state index contributed by atoms with van der Waals surface area (Å²) in [5.74, 6) is 0.243. The average Bonchev–Trinajstić information content (AvgIpc) is 2.44. The van der Waals surface area contributed by atoms with Crippen LogP contribution in [-0.4, -0.2) is 5.11 Å². The van der Waals surface area contributed by atoms with Crippen LogP contribution in [0.3, 0.4) is 0 Å². The number of rotatable bonds is 10. The van der Waals surface area contributed by atoms with Gasteiger partial charge in [0.15, 0.2) is 0 Å². The molecular weight excluding hydrogens is 246 g/mol. The van der Waals surface area contributed by atoms with Gasteiger partial charge in [0.2, 0.25) is 0 Å². The van der Waals surface area contributed by atoms with Crippen molar-refractivity contribution in [2.45, 2.75) is 78.1 Å². The third-order valence-electron chi connectivity index (χ3n) is 3.95. The van der Waals surface area contributed by atoms with Gasteiger partial charge in [0.05, 0.1) is 5.69 Å². The van der Waals surface area contributed by atoms with Crippen molar-refractivity contribution in [1.29, 1.82) is 0 Å². The number of unbranched alkanes of at least 4 members (excludes halogenated alkanes) is 6. The molecule has 2 nitrogen and oxygen atoms in total. The van der Waals surface area contributed by atoms with E-state index < -0.39 is 0 Å². The molecule has 0 heterocycles. The highest BCUT2D eigenvalue weighted by Gasteiger charge is 2.07. The molecule has 0 radical (unpaired) electrons. The first-order valence-corrected chi connectivity index (χ1v) is 8.29. The van der Waals surface area contributed by atoms with E-state index in [1.165, 1.54) is 62.5 Å². The number of anilines is 1. The van der Waals surface area contributed by atoms with Crippen LogP contribution in [0.5, 0.6) is 5.75 Å². The Balaban J connectivity index is 2.61. The maximum atomic E-state index is 9.81. The number of benzene rings is 1. The van der Waals surface area contributed by atoms with Gasteiger partial charge in [-0.25, -0.2) is 0 Å². The molecule has 0 atom stereocenters. The molecule has 1 aromatic carbocycles. The van der Waals surface area contributed by atoms with E-state index in [9.17, 15) is 5.11 Å². The minimum absolute atomic E-state index is 0.243. The van der Waals surface area contributed by atoms with Gasteiger partial charge < -0.3 is 10.8 Å². The van der Waals surface area contributed by atoms with Gasteiger partial charge in [0.1, 0.15) is 5.75 Å². The molecule has 0 saturated heterocycles. The summed E-state index contributed by atoms with van der Waals surface area (Å²) < 4.78 is 0. The molecule has 2 heteroatoms. The molecule has 114 valence electrons.